The molecule has 90 valence electrons. The Hall–Kier alpha value is -0.610. The lowest BCUT2D eigenvalue weighted by molar-refractivity contribution is -0.000766. The monoisotopic (exact) mass is 240 g/mol. The highest BCUT2D eigenvalue weighted by Crippen LogP contribution is 2.32. The van der Waals surface area contributed by atoms with E-state index in [0.29, 0.717) is 12.5 Å². The van der Waals surface area contributed by atoms with Crippen LogP contribution in [0.3, 0.4) is 0 Å². The molecule has 1 aliphatic carbocycles. The predicted molar refractivity (Wildman–Crippen MR) is 67.9 cm³/mol. The van der Waals surface area contributed by atoms with Gasteiger partial charge in [0.05, 0.1) is 11.3 Å². The molecule has 0 amide bonds. The molecule has 1 aromatic rings. The first-order chi connectivity index (χ1) is 7.57. The molecular weight excluding hydrogens is 220 g/mol. The lowest BCUT2D eigenvalue weighted by Gasteiger charge is -2.35. The molecule has 3 nitrogen and oxygen atoms in total. The number of hydrogen-bond donors (Lipinski definition) is 2. The minimum absolute atomic E-state index is 0.531. The molecule has 2 N–H and O–H groups in total. The maximum absolute atomic E-state index is 10.4. The highest BCUT2D eigenvalue weighted by atomic mass is 32.1. The molecule has 1 saturated carbocycles. The molecule has 1 aliphatic rings. The van der Waals surface area contributed by atoms with E-state index in [1.165, 1.54) is 6.42 Å². The van der Waals surface area contributed by atoms with E-state index >= 15 is 0 Å². The summed E-state index contributed by atoms with van der Waals surface area (Å²) in [6, 6.07) is 0. The maximum atomic E-state index is 10.4. The molecule has 1 fully saturated rings. The first-order valence-corrected chi connectivity index (χ1v) is 6.84. The molecule has 1 heterocycles. The lowest BCUT2D eigenvalue weighted by atomic mass is 9.79. The molecule has 2 unspecified atom stereocenters. The quantitative estimate of drug-likeness (QED) is 0.854. The van der Waals surface area contributed by atoms with Gasteiger partial charge in [0.1, 0.15) is 0 Å². The Morgan fingerprint density at radius 2 is 2.50 bits per heavy atom. The molecule has 0 radical (unpaired) electrons. The van der Waals surface area contributed by atoms with E-state index in [0.717, 1.165) is 30.1 Å². The lowest BCUT2D eigenvalue weighted by Crippen LogP contribution is -2.41. The SMILES string of the molecule is Cc1csc(NCC2(O)CCCC(C)C2)n1. The average Bonchev–Trinajstić information content (AvgIpc) is 2.61. The summed E-state index contributed by atoms with van der Waals surface area (Å²) in [4.78, 5) is 4.34. The van der Waals surface area contributed by atoms with Crippen molar-refractivity contribution in [3.8, 4) is 0 Å². The normalized spacial score (nSPS) is 30.3. The first-order valence-electron chi connectivity index (χ1n) is 5.96. The number of rotatable bonds is 3. The van der Waals surface area contributed by atoms with Gasteiger partial charge in [0, 0.05) is 11.9 Å². The van der Waals surface area contributed by atoms with Crippen LogP contribution in [-0.4, -0.2) is 22.2 Å². The van der Waals surface area contributed by atoms with E-state index in [2.05, 4.69) is 17.2 Å². The predicted octanol–water partition coefficient (Wildman–Crippen LogP) is 2.80. The highest BCUT2D eigenvalue weighted by molar-refractivity contribution is 7.13. The average molecular weight is 240 g/mol. The topological polar surface area (TPSA) is 45.1 Å². The standard InChI is InChI=1S/C12H20N2OS/c1-9-4-3-5-12(15,6-9)8-13-11-14-10(2)7-16-11/h7,9,15H,3-6,8H2,1-2H3,(H,13,14). The number of aryl methyl sites for hydroxylation is 1. The molecule has 0 saturated heterocycles. The van der Waals surface area contributed by atoms with Gasteiger partial charge in [0.2, 0.25) is 0 Å². The van der Waals surface area contributed by atoms with Crippen molar-refractivity contribution in [2.24, 2.45) is 5.92 Å². The van der Waals surface area contributed by atoms with Crippen LogP contribution in [0.1, 0.15) is 38.3 Å². The summed E-state index contributed by atoms with van der Waals surface area (Å²) in [5.41, 5.74) is 0.508. The summed E-state index contributed by atoms with van der Waals surface area (Å²) in [7, 11) is 0. The van der Waals surface area contributed by atoms with Gasteiger partial charge in [0.15, 0.2) is 5.13 Å². The molecule has 0 bridgehead atoms. The Kier molecular flexibility index (Phi) is 3.50. The smallest absolute Gasteiger partial charge is 0.182 e. The van der Waals surface area contributed by atoms with Crippen molar-refractivity contribution < 1.29 is 5.11 Å². The molecule has 4 heteroatoms. The summed E-state index contributed by atoms with van der Waals surface area (Å²) >= 11 is 1.60. The van der Waals surface area contributed by atoms with Crippen LogP contribution in [0, 0.1) is 12.8 Å². The van der Waals surface area contributed by atoms with Crippen LogP contribution < -0.4 is 5.32 Å². The molecule has 1 aromatic heterocycles. The second-order valence-electron chi connectivity index (χ2n) is 5.07. The number of thiazole rings is 1. The third kappa shape index (κ3) is 2.95. The van der Waals surface area contributed by atoms with Crippen LogP contribution in [0.4, 0.5) is 5.13 Å². The molecular formula is C12H20N2OS. The maximum Gasteiger partial charge on any atom is 0.182 e. The third-order valence-corrected chi connectivity index (χ3v) is 4.17. The van der Waals surface area contributed by atoms with Crippen LogP contribution in [-0.2, 0) is 0 Å². The second kappa shape index (κ2) is 4.72. The van der Waals surface area contributed by atoms with Gasteiger partial charge >= 0.3 is 0 Å². The van der Waals surface area contributed by atoms with Crippen molar-refractivity contribution in [2.45, 2.75) is 45.1 Å². The van der Waals surface area contributed by atoms with Crippen molar-refractivity contribution in [3.05, 3.63) is 11.1 Å². The van der Waals surface area contributed by atoms with Crippen molar-refractivity contribution in [2.75, 3.05) is 11.9 Å². The molecule has 0 aromatic carbocycles. The fourth-order valence-corrected chi connectivity index (χ4v) is 3.16. The fraction of sp³-hybridized carbons (Fsp3) is 0.750. The van der Waals surface area contributed by atoms with Gasteiger partial charge in [-0.05, 0) is 25.7 Å². The Balaban J connectivity index is 1.88. The Morgan fingerprint density at radius 3 is 3.12 bits per heavy atom. The minimum atomic E-state index is -0.531. The summed E-state index contributed by atoms with van der Waals surface area (Å²) < 4.78 is 0. The van der Waals surface area contributed by atoms with Gasteiger partial charge in [-0.15, -0.1) is 11.3 Å². The van der Waals surface area contributed by atoms with Crippen molar-refractivity contribution in [1.29, 1.82) is 0 Å². The third-order valence-electron chi connectivity index (χ3n) is 3.26. The highest BCUT2D eigenvalue weighted by Gasteiger charge is 2.32. The van der Waals surface area contributed by atoms with Crippen molar-refractivity contribution >= 4 is 16.5 Å². The van der Waals surface area contributed by atoms with Crippen LogP contribution in [0.25, 0.3) is 0 Å². The second-order valence-corrected chi connectivity index (χ2v) is 5.93. The van der Waals surface area contributed by atoms with E-state index < -0.39 is 5.60 Å². The molecule has 0 aliphatic heterocycles. The number of anilines is 1. The molecule has 2 atom stereocenters. The first kappa shape index (κ1) is 11.9. The summed E-state index contributed by atoms with van der Waals surface area (Å²) in [6.07, 6.45) is 4.20. The molecule has 0 spiro atoms. The number of hydrogen-bond acceptors (Lipinski definition) is 4. The van der Waals surface area contributed by atoms with Gasteiger partial charge in [0.25, 0.3) is 0 Å². The summed E-state index contributed by atoms with van der Waals surface area (Å²) in [6.45, 7) is 4.83. The van der Waals surface area contributed by atoms with Crippen LogP contribution in [0.5, 0.6) is 0 Å². The van der Waals surface area contributed by atoms with Crippen LogP contribution in [0.15, 0.2) is 5.38 Å². The van der Waals surface area contributed by atoms with E-state index in [1.54, 1.807) is 11.3 Å². The Morgan fingerprint density at radius 1 is 1.69 bits per heavy atom. The van der Waals surface area contributed by atoms with E-state index in [-0.39, 0.29) is 0 Å². The van der Waals surface area contributed by atoms with Gasteiger partial charge in [-0.3, -0.25) is 0 Å². The van der Waals surface area contributed by atoms with Gasteiger partial charge in [-0.2, -0.15) is 0 Å². The van der Waals surface area contributed by atoms with Crippen LogP contribution in [0.2, 0.25) is 0 Å². The number of aliphatic hydroxyl groups is 1. The molecule has 2 rings (SSSR count). The van der Waals surface area contributed by atoms with Gasteiger partial charge in [-0.1, -0.05) is 19.8 Å². The van der Waals surface area contributed by atoms with E-state index in [4.69, 9.17) is 0 Å². The van der Waals surface area contributed by atoms with E-state index in [1.807, 2.05) is 12.3 Å². The van der Waals surface area contributed by atoms with Gasteiger partial charge < -0.3 is 10.4 Å². The summed E-state index contributed by atoms with van der Waals surface area (Å²) in [5.74, 6) is 0.638. The van der Waals surface area contributed by atoms with Gasteiger partial charge in [-0.25, -0.2) is 4.98 Å². The number of nitrogens with zero attached hydrogens (tertiary/aromatic N) is 1. The van der Waals surface area contributed by atoms with Crippen molar-refractivity contribution in [3.63, 3.8) is 0 Å². The van der Waals surface area contributed by atoms with Crippen molar-refractivity contribution in [1.82, 2.24) is 4.98 Å². The zero-order chi connectivity index (χ0) is 11.6. The Bertz CT molecular complexity index is 353. The number of nitrogens with one attached hydrogen (secondary N) is 1. The van der Waals surface area contributed by atoms with Crippen LogP contribution >= 0.6 is 11.3 Å². The Labute approximate surface area is 101 Å². The minimum Gasteiger partial charge on any atom is -0.388 e. The van der Waals surface area contributed by atoms with E-state index in [9.17, 15) is 5.11 Å². The zero-order valence-electron chi connectivity index (χ0n) is 9.99. The fourth-order valence-electron chi connectivity index (χ4n) is 2.47. The zero-order valence-corrected chi connectivity index (χ0v) is 10.8. The molecule has 16 heavy (non-hydrogen) atoms. The number of aromatic nitrogens is 1. The largest absolute Gasteiger partial charge is 0.388 e. The summed E-state index contributed by atoms with van der Waals surface area (Å²) in [5, 5.41) is 16.6.